The molecule has 0 spiro atoms. The van der Waals surface area contributed by atoms with Gasteiger partial charge in [-0.1, -0.05) is 30.3 Å². The maximum Gasteiger partial charge on any atom is 0.255 e. The second-order valence-corrected chi connectivity index (χ2v) is 9.21. The zero-order chi connectivity index (χ0) is 22.3. The molecule has 0 saturated carbocycles. The third-order valence-electron chi connectivity index (χ3n) is 4.55. The zero-order valence-electron chi connectivity index (χ0n) is 17.6. The number of hydrogen-bond donors (Lipinski definition) is 3. The number of anilines is 2. The minimum Gasteiger partial charge on any atom is -0.385 e. The Hall–Kier alpha value is -3.16. The SMILES string of the molecule is CC(C)NS(=O)(=O)c1ccc(C(=O)Nc2ccc(NCCc3ccccc3)cc2)cc1. The first kappa shape index (κ1) is 22.5. The lowest BCUT2D eigenvalue weighted by Gasteiger charge is -2.11. The highest BCUT2D eigenvalue weighted by Gasteiger charge is 2.16. The molecule has 0 fully saturated rings. The predicted molar refractivity (Wildman–Crippen MR) is 125 cm³/mol. The van der Waals surface area contributed by atoms with Crippen LogP contribution in [0.15, 0.2) is 83.8 Å². The number of rotatable bonds is 9. The fourth-order valence-electron chi connectivity index (χ4n) is 3.03. The summed E-state index contributed by atoms with van der Waals surface area (Å²) in [5, 5.41) is 6.19. The Balaban J connectivity index is 1.54. The monoisotopic (exact) mass is 437 g/mol. The summed E-state index contributed by atoms with van der Waals surface area (Å²) in [5.41, 5.74) is 3.30. The van der Waals surface area contributed by atoms with Crippen molar-refractivity contribution in [3.05, 3.63) is 90.0 Å². The lowest BCUT2D eigenvalue weighted by molar-refractivity contribution is 0.102. The van der Waals surface area contributed by atoms with Gasteiger partial charge in [0.05, 0.1) is 4.90 Å². The first-order valence-electron chi connectivity index (χ1n) is 10.1. The van der Waals surface area contributed by atoms with E-state index in [1.165, 1.54) is 29.8 Å². The van der Waals surface area contributed by atoms with Crippen LogP contribution < -0.4 is 15.4 Å². The van der Waals surface area contributed by atoms with Crippen LogP contribution in [-0.4, -0.2) is 26.9 Å². The maximum absolute atomic E-state index is 12.5. The fraction of sp³-hybridized carbons (Fsp3) is 0.208. The molecule has 3 N–H and O–H groups in total. The molecule has 6 nitrogen and oxygen atoms in total. The first-order valence-corrected chi connectivity index (χ1v) is 11.6. The van der Waals surface area contributed by atoms with Gasteiger partial charge in [-0.05, 0) is 74.4 Å². The molecule has 0 aliphatic carbocycles. The van der Waals surface area contributed by atoms with Crippen LogP contribution in [0.3, 0.4) is 0 Å². The molecule has 0 radical (unpaired) electrons. The summed E-state index contributed by atoms with van der Waals surface area (Å²) in [7, 11) is -3.58. The maximum atomic E-state index is 12.5. The quantitative estimate of drug-likeness (QED) is 0.466. The Kier molecular flexibility index (Phi) is 7.44. The Morgan fingerprint density at radius 2 is 1.45 bits per heavy atom. The standard InChI is InChI=1S/C24H27N3O3S/c1-18(2)27-31(29,30)23-14-8-20(9-15-23)24(28)26-22-12-10-21(11-13-22)25-17-16-19-6-4-3-5-7-19/h3-15,18,25,27H,16-17H2,1-2H3,(H,26,28). The van der Waals surface area contributed by atoms with Crippen molar-refractivity contribution >= 4 is 27.3 Å². The van der Waals surface area contributed by atoms with Crippen LogP contribution in [0, 0.1) is 0 Å². The molecule has 7 heteroatoms. The first-order chi connectivity index (χ1) is 14.8. The van der Waals surface area contributed by atoms with Crippen molar-refractivity contribution in [2.45, 2.75) is 31.2 Å². The van der Waals surface area contributed by atoms with Crippen LogP contribution >= 0.6 is 0 Å². The smallest absolute Gasteiger partial charge is 0.255 e. The van der Waals surface area contributed by atoms with Crippen molar-refractivity contribution < 1.29 is 13.2 Å². The Morgan fingerprint density at radius 3 is 2.06 bits per heavy atom. The van der Waals surface area contributed by atoms with Gasteiger partial charge in [0.15, 0.2) is 0 Å². The molecule has 0 aliphatic rings. The number of carbonyl (C=O) groups excluding carboxylic acids is 1. The third kappa shape index (κ3) is 6.67. The van der Waals surface area contributed by atoms with Gasteiger partial charge in [0.25, 0.3) is 5.91 Å². The largest absolute Gasteiger partial charge is 0.385 e. The summed E-state index contributed by atoms with van der Waals surface area (Å²) in [6, 6.07) is 23.4. The Morgan fingerprint density at radius 1 is 0.839 bits per heavy atom. The molecule has 0 bridgehead atoms. The van der Waals surface area contributed by atoms with Gasteiger partial charge >= 0.3 is 0 Å². The fourth-order valence-corrected chi connectivity index (χ4v) is 4.29. The van der Waals surface area contributed by atoms with Gasteiger partial charge in [0.2, 0.25) is 10.0 Å². The number of carbonyl (C=O) groups is 1. The molecular weight excluding hydrogens is 410 g/mol. The zero-order valence-corrected chi connectivity index (χ0v) is 18.4. The van der Waals surface area contributed by atoms with E-state index in [-0.39, 0.29) is 16.8 Å². The van der Waals surface area contributed by atoms with E-state index >= 15 is 0 Å². The second kappa shape index (κ2) is 10.2. The Labute approximate surface area is 183 Å². The average Bonchev–Trinajstić information content (AvgIpc) is 2.75. The predicted octanol–water partition coefficient (Wildman–Crippen LogP) is 4.28. The van der Waals surface area contributed by atoms with Crippen molar-refractivity contribution in [1.29, 1.82) is 0 Å². The summed E-state index contributed by atoms with van der Waals surface area (Å²) in [6.45, 7) is 4.32. The van der Waals surface area contributed by atoms with Gasteiger partial charge in [0.1, 0.15) is 0 Å². The molecule has 3 aromatic carbocycles. The molecule has 0 heterocycles. The number of sulfonamides is 1. The Bertz CT molecular complexity index is 1100. The number of nitrogens with one attached hydrogen (secondary N) is 3. The van der Waals surface area contributed by atoms with E-state index in [1.807, 2.05) is 42.5 Å². The molecule has 31 heavy (non-hydrogen) atoms. The summed E-state index contributed by atoms with van der Waals surface area (Å²) in [4.78, 5) is 12.6. The molecule has 162 valence electrons. The van der Waals surface area contributed by atoms with Crippen LogP contribution in [-0.2, 0) is 16.4 Å². The number of amides is 1. The number of hydrogen-bond acceptors (Lipinski definition) is 4. The van der Waals surface area contributed by atoms with Gasteiger partial charge in [-0.3, -0.25) is 4.79 Å². The normalized spacial score (nSPS) is 11.3. The minimum absolute atomic E-state index is 0.128. The highest BCUT2D eigenvalue weighted by Crippen LogP contribution is 2.16. The molecule has 0 atom stereocenters. The highest BCUT2D eigenvalue weighted by atomic mass is 32.2. The van der Waals surface area contributed by atoms with E-state index < -0.39 is 10.0 Å². The lowest BCUT2D eigenvalue weighted by Crippen LogP contribution is -2.30. The molecule has 3 rings (SSSR count). The highest BCUT2D eigenvalue weighted by molar-refractivity contribution is 7.89. The number of benzene rings is 3. The van der Waals surface area contributed by atoms with Gasteiger partial charge in [-0.2, -0.15) is 0 Å². The van der Waals surface area contributed by atoms with Crippen molar-refractivity contribution in [3.8, 4) is 0 Å². The summed E-state index contributed by atoms with van der Waals surface area (Å²) in [5.74, 6) is -0.300. The van der Waals surface area contributed by atoms with Gasteiger partial charge < -0.3 is 10.6 Å². The molecule has 0 aliphatic heterocycles. The molecule has 0 aromatic heterocycles. The van der Waals surface area contributed by atoms with Crippen LogP contribution in [0.25, 0.3) is 0 Å². The minimum atomic E-state index is -3.58. The van der Waals surface area contributed by atoms with Crippen molar-refractivity contribution in [1.82, 2.24) is 4.72 Å². The van der Waals surface area contributed by atoms with Gasteiger partial charge in [-0.25, -0.2) is 13.1 Å². The molecule has 3 aromatic rings. The van der Waals surface area contributed by atoms with E-state index in [9.17, 15) is 13.2 Å². The lowest BCUT2D eigenvalue weighted by atomic mass is 10.1. The summed E-state index contributed by atoms with van der Waals surface area (Å²) in [6.07, 6.45) is 0.928. The molecule has 0 unspecified atom stereocenters. The van der Waals surface area contributed by atoms with Crippen molar-refractivity contribution in [3.63, 3.8) is 0 Å². The van der Waals surface area contributed by atoms with Crippen molar-refractivity contribution in [2.24, 2.45) is 0 Å². The van der Waals surface area contributed by atoms with E-state index in [0.717, 1.165) is 18.7 Å². The van der Waals surface area contributed by atoms with E-state index in [4.69, 9.17) is 0 Å². The van der Waals surface area contributed by atoms with Crippen LogP contribution in [0.5, 0.6) is 0 Å². The van der Waals surface area contributed by atoms with E-state index in [2.05, 4.69) is 27.5 Å². The third-order valence-corrected chi connectivity index (χ3v) is 6.22. The summed E-state index contributed by atoms with van der Waals surface area (Å²) >= 11 is 0. The van der Waals surface area contributed by atoms with Crippen molar-refractivity contribution in [2.75, 3.05) is 17.2 Å². The van der Waals surface area contributed by atoms with E-state index in [0.29, 0.717) is 11.3 Å². The average molecular weight is 438 g/mol. The molecule has 0 saturated heterocycles. The van der Waals surface area contributed by atoms with E-state index in [1.54, 1.807) is 13.8 Å². The molecular formula is C24H27N3O3S. The molecule has 1 amide bonds. The van der Waals surface area contributed by atoms with Crippen LogP contribution in [0.4, 0.5) is 11.4 Å². The summed E-state index contributed by atoms with van der Waals surface area (Å²) < 4.78 is 26.9. The topological polar surface area (TPSA) is 87.3 Å². The van der Waals surface area contributed by atoms with Crippen LogP contribution in [0.2, 0.25) is 0 Å². The van der Waals surface area contributed by atoms with Crippen LogP contribution in [0.1, 0.15) is 29.8 Å². The van der Waals surface area contributed by atoms with Gasteiger partial charge in [-0.15, -0.1) is 0 Å². The second-order valence-electron chi connectivity index (χ2n) is 7.49. The van der Waals surface area contributed by atoms with Gasteiger partial charge in [0, 0.05) is 29.5 Å².